The molecule has 0 aliphatic heterocycles. The van der Waals surface area contributed by atoms with Crippen molar-refractivity contribution in [2.45, 2.75) is 78.7 Å². The molecule has 0 amide bonds. The van der Waals surface area contributed by atoms with E-state index in [1.54, 1.807) is 13.8 Å². The average Bonchev–Trinajstić information content (AvgIpc) is 3.02. The van der Waals surface area contributed by atoms with Crippen molar-refractivity contribution in [1.29, 1.82) is 0 Å². The van der Waals surface area contributed by atoms with Crippen molar-refractivity contribution in [2.75, 3.05) is 0 Å². The highest BCUT2D eigenvalue weighted by atomic mass is 16.6. The van der Waals surface area contributed by atoms with Crippen LogP contribution in [0.4, 0.5) is 0 Å². The van der Waals surface area contributed by atoms with Crippen molar-refractivity contribution in [3.8, 4) is 0 Å². The van der Waals surface area contributed by atoms with Crippen molar-refractivity contribution in [3.63, 3.8) is 0 Å². The second kappa shape index (κ2) is 7.02. The minimum atomic E-state index is -1.01. The highest BCUT2D eigenvalue weighted by Crippen LogP contribution is 2.69. The van der Waals surface area contributed by atoms with Gasteiger partial charge in [0.25, 0.3) is 0 Å². The van der Waals surface area contributed by atoms with Crippen LogP contribution >= 0.6 is 0 Å². The Morgan fingerprint density at radius 2 is 1.81 bits per heavy atom. The number of carbonyl (C=O) groups excluding carboxylic acids is 3. The highest BCUT2D eigenvalue weighted by Gasteiger charge is 2.68. The number of carbonyl (C=O) groups is 3. The molecule has 0 saturated heterocycles. The summed E-state index contributed by atoms with van der Waals surface area (Å²) in [7, 11) is 0. The van der Waals surface area contributed by atoms with Crippen LogP contribution in [0.5, 0.6) is 0 Å². The third kappa shape index (κ3) is 2.69. The molecule has 0 N–H and O–H groups in total. The number of Topliss-reactive ketones (excluding diaryl/α,β-unsaturated/α-hetero) is 1. The van der Waals surface area contributed by atoms with Gasteiger partial charge in [0, 0.05) is 22.8 Å². The van der Waals surface area contributed by atoms with E-state index in [2.05, 4.69) is 33.9 Å². The number of hydrogen-bond acceptors (Lipinski definition) is 4. The summed E-state index contributed by atoms with van der Waals surface area (Å²) < 4.78 is 6.00. The topological polar surface area (TPSA) is 60.4 Å². The van der Waals surface area contributed by atoms with Gasteiger partial charge in [-0.15, -0.1) is 0 Å². The molecule has 0 bridgehead atoms. The van der Waals surface area contributed by atoms with Crippen LogP contribution in [0.2, 0.25) is 0 Å². The first-order chi connectivity index (χ1) is 14.4. The Labute approximate surface area is 186 Å². The Hall–Kier alpha value is -1.97. The molecule has 4 heteroatoms. The minimum absolute atomic E-state index is 0.00800. The van der Waals surface area contributed by atoms with Gasteiger partial charge in [-0.1, -0.05) is 46.4 Å². The number of allylic oxidation sites excluding steroid dienone is 3. The molecule has 31 heavy (non-hydrogen) atoms. The molecule has 7 atom stereocenters. The van der Waals surface area contributed by atoms with E-state index in [9.17, 15) is 14.4 Å². The molecule has 0 aromatic rings. The van der Waals surface area contributed by atoms with Gasteiger partial charge in [-0.25, -0.2) is 0 Å². The number of fused-ring (bicyclic) bond motifs is 5. The molecule has 1 unspecified atom stereocenters. The monoisotopic (exact) mass is 424 g/mol. The first-order valence-electron chi connectivity index (χ1n) is 11.8. The predicted octanol–water partition coefficient (Wildman–Crippen LogP) is 5.38. The average molecular weight is 425 g/mol. The maximum Gasteiger partial charge on any atom is 0.306 e. The molecule has 0 aromatic heterocycles. The van der Waals surface area contributed by atoms with Crippen LogP contribution in [0.3, 0.4) is 0 Å². The molecule has 0 heterocycles. The van der Waals surface area contributed by atoms with Gasteiger partial charge in [0.05, 0.1) is 0 Å². The smallest absolute Gasteiger partial charge is 0.306 e. The fraction of sp³-hybridized carbons (Fsp3) is 0.667. The van der Waals surface area contributed by atoms with Crippen molar-refractivity contribution in [3.05, 3.63) is 36.0 Å². The Balaban J connectivity index is 1.77. The summed E-state index contributed by atoms with van der Waals surface area (Å²) in [5, 5.41) is 0. The van der Waals surface area contributed by atoms with Crippen LogP contribution in [0, 0.1) is 34.5 Å². The van der Waals surface area contributed by atoms with E-state index in [1.807, 2.05) is 6.08 Å². The third-order valence-electron chi connectivity index (χ3n) is 9.78. The molecule has 0 radical (unpaired) electrons. The minimum Gasteiger partial charge on any atom is -0.450 e. The lowest BCUT2D eigenvalue weighted by Gasteiger charge is -2.61. The van der Waals surface area contributed by atoms with Gasteiger partial charge in [0.1, 0.15) is 0 Å². The largest absolute Gasteiger partial charge is 0.450 e. The number of esters is 1. The van der Waals surface area contributed by atoms with Gasteiger partial charge in [0.2, 0.25) is 0 Å². The number of ether oxygens (including phenoxy) is 1. The van der Waals surface area contributed by atoms with Gasteiger partial charge < -0.3 is 4.74 Å². The normalized spacial score (nSPS) is 44.2. The standard InChI is InChI=1S/C27H36O4/c1-8-24(30)31-27(18(5)28)12-10-20-19-13-15(2)22-14-23(29)16(3)17(4)26(22,7)21(19)9-11-25(20,27)6/h14-15,19-21H,3-4,8-13H2,1-2,5-7H3/t15?,19-,20-,21-,25-,26+,27-/m0/s1. The SMILES string of the molecule is C=C1C(=C)[C@@]2(C)C(=CC1=O)C(C)C[C@@H]1[C@@H]2CC[C@@]2(C)[C@H]1CC[C@]2(OC(=O)CC)C(C)=O. The molecule has 0 spiro atoms. The fourth-order valence-electron chi connectivity index (χ4n) is 8.06. The Kier molecular flexibility index (Phi) is 5.03. The summed E-state index contributed by atoms with van der Waals surface area (Å²) in [5.41, 5.74) is 0.968. The molecule has 0 aromatic carbocycles. The molecule has 4 rings (SSSR count). The highest BCUT2D eigenvalue weighted by molar-refractivity contribution is 6.09. The first-order valence-corrected chi connectivity index (χ1v) is 11.8. The Bertz CT molecular complexity index is 926. The van der Waals surface area contributed by atoms with E-state index in [4.69, 9.17) is 4.74 Å². The zero-order chi connectivity index (χ0) is 22.9. The summed E-state index contributed by atoms with van der Waals surface area (Å²) in [6.45, 7) is 18.4. The molecule has 4 aliphatic rings. The van der Waals surface area contributed by atoms with Crippen LogP contribution in [0.15, 0.2) is 36.0 Å². The van der Waals surface area contributed by atoms with Gasteiger partial charge in [-0.2, -0.15) is 0 Å². The van der Waals surface area contributed by atoms with Crippen molar-refractivity contribution in [1.82, 2.24) is 0 Å². The second-order valence-corrected chi connectivity index (χ2v) is 10.8. The van der Waals surface area contributed by atoms with E-state index >= 15 is 0 Å². The van der Waals surface area contributed by atoms with E-state index in [0.717, 1.165) is 31.3 Å². The number of rotatable bonds is 3. The molecule has 3 fully saturated rings. The van der Waals surface area contributed by atoms with Crippen LogP contribution in [-0.4, -0.2) is 23.1 Å². The Morgan fingerprint density at radius 1 is 1.16 bits per heavy atom. The summed E-state index contributed by atoms with van der Waals surface area (Å²) >= 11 is 0. The summed E-state index contributed by atoms with van der Waals surface area (Å²) in [5.74, 6) is 1.02. The number of hydrogen-bond donors (Lipinski definition) is 0. The lowest BCUT2D eigenvalue weighted by molar-refractivity contribution is -0.188. The lowest BCUT2D eigenvalue weighted by Crippen LogP contribution is -2.59. The van der Waals surface area contributed by atoms with Gasteiger partial charge in [0.15, 0.2) is 17.2 Å². The van der Waals surface area contributed by atoms with Crippen LogP contribution in [0.25, 0.3) is 0 Å². The fourth-order valence-corrected chi connectivity index (χ4v) is 8.06. The zero-order valence-electron chi connectivity index (χ0n) is 19.7. The van der Waals surface area contributed by atoms with Gasteiger partial charge in [-0.3, -0.25) is 14.4 Å². The summed E-state index contributed by atoms with van der Waals surface area (Å²) in [4.78, 5) is 37.8. The maximum absolute atomic E-state index is 13.0. The van der Waals surface area contributed by atoms with Crippen molar-refractivity contribution >= 4 is 17.5 Å². The quantitative estimate of drug-likeness (QED) is 0.451. The molecular weight excluding hydrogens is 388 g/mol. The second-order valence-electron chi connectivity index (χ2n) is 10.8. The van der Waals surface area contributed by atoms with Crippen molar-refractivity contribution in [2.24, 2.45) is 34.5 Å². The van der Waals surface area contributed by atoms with Gasteiger partial charge >= 0.3 is 5.97 Å². The number of ketones is 2. The van der Waals surface area contributed by atoms with Crippen LogP contribution < -0.4 is 0 Å². The summed E-state index contributed by atoms with van der Waals surface area (Å²) in [6, 6.07) is 0. The molecule has 4 aliphatic carbocycles. The maximum atomic E-state index is 13.0. The van der Waals surface area contributed by atoms with Gasteiger partial charge in [-0.05, 0) is 74.3 Å². The Morgan fingerprint density at radius 3 is 2.42 bits per heavy atom. The lowest BCUT2D eigenvalue weighted by atomic mass is 9.43. The molecular formula is C27H36O4. The third-order valence-corrected chi connectivity index (χ3v) is 9.78. The zero-order valence-corrected chi connectivity index (χ0v) is 19.7. The van der Waals surface area contributed by atoms with Crippen LogP contribution in [0.1, 0.15) is 73.1 Å². The molecule has 4 nitrogen and oxygen atoms in total. The van der Waals surface area contributed by atoms with E-state index in [0.29, 0.717) is 29.7 Å². The summed E-state index contributed by atoms with van der Waals surface area (Å²) in [6.07, 6.45) is 6.36. The molecule has 168 valence electrons. The first kappa shape index (κ1) is 22.2. The van der Waals surface area contributed by atoms with E-state index in [-0.39, 0.29) is 40.7 Å². The van der Waals surface area contributed by atoms with Crippen molar-refractivity contribution < 1.29 is 19.1 Å². The van der Waals surface area contributed by atoms with Crippen LogP contribution in [-0.2, 0) is 19.1 Å². The van der Waals surface area contributed by atoms with E-state index in [1.165, 1.54) is 5.57 Å². The van der Waals surface area contributed by atoms with E-state index < -0.39 is 5.60 Å². The predicted molar refractivity (Wildman–Crippen MR) is 120 cm³/mol. The molecule has 3 saturated carbocycles.